The quantitative estimate of drug-likeness (QED) is 0.874. The summed E-state index contributed by atoms with van der Waals surface area (Å²) in [5, 5.41) is 5.64. The van der Waals surface area contributed by atoms with Gasteiger partial charge in [-0.25, -0.2) is 8.78 Å². The van der Waals surface area contributed by atoms with Crippen LogP contribution in [0.2, 0.25) is 0 Å². The normalized spacial score (nSPS) is 21.1. The van der Waals surface area contributed by atoms with Gasteiger partial charge in [-0.1, -0.05) is 24.3 Å². The molecule has 2 aliphatic heterocycles. The monoisotopic (exact) mass is 358 g/mol. The first kappa shape index (κ1) is 17.4. The van der Waals surface area contributed by atoms with Gasteiger partial charge in [-0.2, -0.15) is 0 Å². The molecule has 0 aromatic heterocycles. The van der Waals surface area contributed by atoms with Crippen molar-refractivity contribution in [2.45, 2.75) is 37.5 Å². The van der Waals surface area contributed by atoms with Crippen molar-refractivity contribution in [1.82, 2.24) is 10.2 Å². The molecule has 2 aromatic carbocycles. The number of fused-ring (bicyclic) bond motifs is 1. The van der Waals surface area contributed by atoms with Crippen LogP contribution < -0.4 is 5.32 Å². The Labute approximate surface area is 152 Å². The second kappa shape index (κ2) is 6.95. The molecule has 0 saturated carbocycles. The predicted molar refractivity (Wildman–Crippen MR) is 98.9 cm³/mol. The highest BCUT2D eigenvalue weighted by Crippen LogP contribution is 2.33. The first-order valence-electron chi connectivity index (χ1n) is 9.44. The number of nitrogens with one attached hydrogen (secondary N) is 1. The number of rotatable bonds is 2. The average molecular weight is 358 g/mol. The Kier molecular flexibility index (Phi) is 4.65. The van der Waals surface area contributed by atoms with E-state index in [1.807, 2.05) is 24.3 Å². The highest BCUT2D eigenvalue weighted by molar-refractivity contribution is 5.99. The fourth-order valence-electron chi connectivity index (χ4n) is 4.15. The van der Waals surface area contributed by atoms with Gasteiger partial charge in [-0.3, -0.25) is 4.79 Å². The second-order valence-electron chi connectivity index (χ2n) is 7.46. The van der Waals surface area contributed by atoms with Gasteiger partial charge in [0, 0.05) is 31.5 Å². The van der Waals surface area contributed by atoms with Gasteiger partial charge in [0.15, 0.2) is 0 Å². The maximum absolute atomic E-state index is 13.3. The maximum atomic E-state index is 13.3. The van der Waals surface area contributed by atoms with E-state index in [4.69, 9.17) is 0 Å². The van der Waals surface area contributed by atoms with Gasteiger partial charge in [0.05, 0.1) is 0 Å². The van der Waals surface area contributed by atoms with Crippen LogP contribution in [0.5, 0.6) is 0 Å². The van der Waals surface area contributed by atoms with E-state index in [1.54, 1.807) is 4.90 Å². The Morgan fingerprint density at radius 2 is 1.81 bits per heavy atom. The number of nitrogens with zero attached hydrogens (tertiary/aromatic N) is 1. The number of alkyl halides is 2. The van der Waals surface area contributed by atoms with E-state index >= 15 is 0 Å². The van der Waals surface area contributed by atoms with E-state index < -0.39 is 5.92 Å². The number of piperidine rings is 2. The summed E-state index contributed by atoms with van der Waals surface area (Å²) in [6, 6.07) is 12.1. The van der Waals surface area contributed by atoms with Gasteiger partial charge >= 0.3 is 0 Å². The molecular formula is C21H24F2N2O. The molecule has 138 valence electrons. The molecule has 2 aliphatic rings. The van der Waals surface area contributed by atoms with Crippen LogP contribution in [-0.4, -0.2) is 42.9 Å². The number of benzene rings is 2. The minimum Gasteiger partial charge on any atom is -0.338 e. The Hall–Kier alpha value is -2.01. The zero-order valence-electron chi connectivity index (χ0n) is 14.8. The molecule has 0 radical (unpaired) electrons. The average Bonchev–Trinajstić information content (AvgIpc) is 2.67. The van der Waals surface area contributed by atoms with Crippen molar-refractivity contribution in [2.24, 2.45) is 0 Å². The Morgan fingerprint density at radius 3 is 2.54 bits per heavy atom. The van der Waals surface area contributed by atoms with Crippen LogP contribution in [0.25, 0.3) is 10.8 Å². The van der Waals surface area contributed by atoms with Gasteiger partial charge < -0.3 is 10.2 Å². The summed E-state index contributed by atoms with van der Waals surface area (Å²) in [6.45, 7) is 2.33. The molecule has 0 atom stereocenters. The zero-order chi connectivity index (χ0) is 18.1. The van der Waals surface area contributed by atoms with Crippen molar-refractivity contribution in [3.63, 3.8) is 0 Å². The molecule has 0 spiro atoms. The Balaban J connectivity index is 1.59. The fourth-order valence-corrected chi connectivity index (χ4v) is 4.15. The van der Waals surface area contributed by atoms with Crippen LogP contribution in [0.1, 0.15) is 47.5 Å². The number of likely N-dealkylation sites (tertiary alicyclic amines) is 1. The molecule has 26 heavy (non-hydrogen) atoms. The van der Waals surface area contributed by atoms with Crippen molar-refractivity contribution < 1.29 is 13.6 Å². The maximum Gasteiger partial charge on any atom is 0.253 e. The number of hydrogen-bond donors (Lipinski definition) is 1. The highest BCUT2D eigenvalue weighted by atomic mass is 19.3. The summed E-state index contributed by atoms with van der Waals surface area (Å²) in [4.78, 5) is 14.3. The van der Waals surface area contributed by atoms with Crippen molar-refractivity contribution >= 4 is 16.7 Å². The number of hydrogen-bond acceptors (Lipinski definition) is 2. The lowest BCUT2D eigenvalue weighted by atomic mass is 9.86. The first-order valence-corrected chi connectivity index (χ1v) is 9.44. The molecule has 2 saturated heterocycles. The van der Waals surface area contributed by atoms with Crippen molar-refractivity contribution in [3.05, 3.63) is 47.5 Å². The Morgan fingerprint density at radius 1 is 1.08 bits per heavy atom. The first-order chi connectivity index (χ1) is 12.5. The lowest BCUT2D eigenvalue weighted by Crippen LogP contribution is -2.42. The smallest absolute Gasteiger partial charge is 0.253 e. The van der Waals surface area contributed by atoms with Crippen molar-refractivity contribution in [3.8, 4) is 0 Å². The Bertz CT molecular complexity index is 805. The van der Waals surface area contributed by atoms with E-state index in [9.17, 15) is 13.6 Å². The number of carbonyl (C=O) groups excluding carboxylic acids is 1. The standard InChI is InChI=1S/C21H24F2N2O/c22-21(23)8-12-25(13-9-21)20(26)17-4-5-19-16(14-17)2-1-3-18(19)15-6-10-24-11-7-15/h1-5,14-15,24H,6-13H2. The molecular weight excluding hydrogens is 334 g/mol. The molecule has 3 nitrogen and oxygen atoms in total. The summed E-state index contributed by atoms with van der Waals surface area (Å²) in [5.41, 5.74) is 1.94. The minimum atomic E-state index is -2.64. The third-order valence-electron chi connectivity index (χ3n) is 5.72. The molecule has 2 aromatic rings. The third-order valence-corrected chi connectivity index (χ3v) is 5.72. The molecule has 1 N–H and O–H groups in total. The highest BCUT2D eigenvalue weighted by Gasteiger charge is 2.35. The summed E-state index contributed by atoms with van der Waals surface area (Å²) in [7, 11) is 0. The van der Waals surface area contributed by atoms with E-state index in [0.29, 0.717) is 11.5 Å². The molecule has 2 heterocycles. The lowest BCUT2D eigenvalue weighted by Gasteiger charge is -2.31. The molecule has 5 heteroatoms. The molecule has 4 rings (SSSR count). The predicted octanol–water partition coefficient (Wildman–Crippen LogP) is 4.18. The largest absolute Gasteiger partial charge is 0.338 e. The molecule has 0 aliphatic carbocycles. The van der Waals surface area contributed by atoms with Gasteiger partial charge in [-0.05, 0) is 60.3 Å². The van der Waals surface area contributed by atoms with E-state index in [-0.39, 0.29) is 31.8 Å². The topological polar surface area (TPSA) is 32.3 Å². The van der Waals surface area contributed by atoms with Crippen LogP contribution in [-0.2, 0) is 0 Å². The number of halogens is 2. The van der Waals surface area contributed by atoms with Crippen LogP contribution in [0.4, 0.5) is 8.78 Å². The van der Waals surface area contributed by atoms with Crippen LogP contribution in [0.15, 0.2) is 36.4 Å². The second-order valence-corrected chi connectivity index (χ2v) is 7.46. The number of amides is 1. The zero-order valence-corrected chi connectivity index (χ0v) is 14.8. The van der Waals surface area contributed by atoms with Crippen LogP contribution in [0, 0.1) is 0 Å². The van der Waals surface area contributed by atoms with Gasteiger partial charge in [0.25, 0.3) is 11.8 Å². The van der Waals surface area contributed by atoms with Gasteiger partial charge in [0.1, 0.15) is 0 Å². The summed E-state index contributed by atoms with van der Waals surface area (Å²) >= 11 is 0. The van der Waals surface area contributed by atoms with Gasteiger partial charge in [-0.15, -0.1) is 0 Å². The van der Waals surface area contributed by atoms with E-state index in [2.05, 4.69) is 17.4 Å². The molecule has 1 amide bonds. The van der Waals surface area contributed by atoms with E-state index in [1.165, 1.54) is 10.9 Å². The molecule has 0 bridgehead atoms. The van der Waals surface area contributed by atoms with Crippen molar-refractivity contribution in [2.75, 3.05) is 26.2 Å². The number of carbonyl (C=O) groups is 1. The lowest BCUT2D eigenvalue weighted by molar-refractivity contribution is -0.0494. The summed E-state index contributed by atoms with van der Waals surface area (Å²) < 4.78 is 26.7. The fraction of sp³-hybridized carbons (Fsp3) is 0.476. The molecule has 2 fully saturated rings. The van der Waals surface area contributed by atoms with Crippen LogP contribution in [0.3, 0.4) is 0 Å². The van der Waals surface area contributed by atoms with Crippen LogP contribution >= 0.6 is 0 Å². The third kappa shape index (κ3) is 3.45. The van der Waals surface area contributed by atoms with Gasteiger partial charge in [0.2, 0.25) is 0 Å². The van der Waals surface area contributed by atoms with Crippen molar-refractivity contribution in [1.29, 1.82) is 0 Å². The minimum absolute atomic E-state index is 0.124. The summed E-state index contributed by atoms with van der Waals surface area (Å²) in [6.07, 6.45) is 1.77. The molecule has 0 unspecified atom stereocenters. The van der Waals surface area contributed by atoms with E-state index in [0.717, 1.165) is 31.3 Å². The SMILES string of the molecule is O=C(c1ccc2c(C3CCNCC3)cccc2c1)N1CCC(F)(F)CC1. The summed E-state index contributed by atoms with van der Waals surface area (Å²) in [5.74, 6) is -2.23.